The van der Waals surface area contributed by atoms with E-state index in [1.807, 2.05) is 52.9 Å². The average Bonchev–Trinajstić information content (AvgIpc) is 3.68. The number of hydrogen-bond acceptors (Lipinski definition) is 6. The standard InChI is InChI=1S/C30H27N2S2.C15H28O2.Ir/c1-17(2)10-20-15-33-25-14-26-23(13-22(20)25)28-29(34-26)27(31-16-32-28)19-11-18-8-6-7-9-21(18)24(12-19)30(3,4)5;1-7-14(5,8-2)12(16)11-13(17)15(6,9-3)10-4;/h6-9,12-17H,10H2,1-5H3;11,16H,7-10H2,1-6H3;/q-1;;/b;12-11-;. The van der Waals surface area contributed by atoms with Crippen LogP contribution in [0.2, 0.25) is 0 Å². The van der Waals surface area contributed by atoms with Crippen molar-refractivity contribution in [3.63, 3.8) is 0 Å². The maximum Gasteiger partial charge on any atom is 0.164 e. The maximum atomic E-state index is 12.2. The van der Waals surface area contributed by atoms with E-state index in [1.165, 1.54) is 42.8 Å². The van der Waals surface area contributed by atoms with E-state index in [-0.39, 0.29) is 47.9 Å². The summed E-state index contributed by atoms with van der Waals surface area (Å²) in [5, 5.41) is 17.5. The van der Waals surface area contributed by atoms with Crippen LogP contribution in [0, 0.1) is 22.8 Å². The Bertz CT molecular complexity index is 2210. The van der Waals surface area contributed by atoms with Gasteiger partial charge in [-0.1, -0.05) is 105 Å². The zero-order valence-corrected chi connectivity index (χ0v) is 36.8. The van der Waals surface area contributed by atoms with Crippen molar-refractivity contribution in [2.75, 3.05) is 0 Å². The Morgan fingerprint density at radius 3 is 2.13 bits per heavy atom. The summed E-state index contributed by atoms with van der Waals surface area (Å²) in [6.07, 6.45) is 7.58. The smallest absolute Gasteiger partial charge is 0.164 e. The number of nitrogens with zero attached hydrogens (tertiary/aromatic N) is 2. The third kappa shape index (κ3) is 8.39. The second kappa shape index (κ2) is 16.6. The summed E-state index contributed by atoms with van der Waals surface area (Å²) in [6, 6.07) is 19.2. The number of fused-ring (bicyclic) bond motifs is 5. The van der Waals surface area contributed by atoms with Crippen LogP contribution in [0.3, 0.4) is 0 Å². The molecule has 0 bridgehead atoms. The monoisotopic (exact) mass is 912 g/mol. The molecule has 52 heavy (non-hydrogen) atoms. The SMILES string of the molecule is CC(C)Cc1csc2cc3sc4c(-c5[c-]c6ccccc6c(C(C)(C)C)c5)ncnc4c3cc12.CCC(C)(CC)C(=O)/C=C(\O)C(C)(CC)CC.[Ir]. The van der Waals surface area contributed by atoms with E-state index in [1.54, 1.807) is 17.7 Å². The van der Waals surface area contributed by atoms with Gasteiger partial charge in [0.25, 0.3) is 0 Å². The molecule has 0 aliphatic rings. The van der Waals surface area contributed by atoms with Gasteiger partial charge in [-0.25, -0.2) is 4.98 Å². The van der Waals surface area contributed by atoms with E-state index in [0.717, 1.165) is 59.0 Å². The molecular formula is C45H55IrN2O2S2-. The molecule has 0 aliphatic carbocycles. The van der Waals surface area contributed by atoms with Gasteiger partial charge < -0.3 is 5.11 Å². The minimum Gasteiger partial charge on any atom is -0.512 e. The van der Waals surface area contributed by atoms with Crippen molar-refractivity contribution >= 4 is 69.6 Å². The van der Waals surface area contributed by atoms with Crippen LogP contribution in [0.15, 0.2) is 66.0 Å². The van der Waals surface area contributed by atoms with Crippen LogP contribution in [-0.2, 0) is 36.7 Å². The first kappa shape index (κ1) is 41.8. The minimum atomic E-state index is -0.337. The minimum absolute atomic E-state index is 0. The quantitative estimate of drug-likeness (QED) is 0.0845. The van der Waals surface area contributed by atoms with Gasteiger partial charge in [-0.3, -0.25) is 9.78 Å². The van der Waals surface area contributed by atoms with Crippen LogP contribution >= 0.6 is 22.7 Å². The van der Waals surface area contributed by atoms with E-state index >= 15 is 0 Å². The van der Waals surface area contributed by atoms with Crippen LogP contribution in [0.4, 0.5) is 0 Å². The Morgan fingerprint density at radius 2 is 1.52 bits per heavy atom. The second-order valence-electron chi connectivity index (χ2n) is 16.0. The number of aromatic nitrogens is 2. The van der Waals surface area contributed by atoms with Crippen molar-refractivity contribution in [3.05, 3.63) is 83.2 Å². The zero-order chi connectivity index (χ0) is 37.3. The summed E-state index contributed by atoms with van der Waals surface area (Å²) in [5.74, 6) is 0.927. The molecule has 0 unspecified atom stereocenters. The number of ketones is 1. The van der Waals surface area contributed by atoms with Crippen molar-refractivity contribution < 1.29 is 30.0 Å². The van der Waals surface area contributed by atoms with Crippen LogP contribution in [0.5, 0.6) is 0 Å². The molecule has 0 atom stereocenters. The van der Waals surface area contributed by atoms with Gasteiger partial charge in [0.2, 0.25) is 0 Å². The van der Waals surface area contributed by atoms with Crippen molar-refractivity contribution in [1.82, 2.24) is 9.97 Å². The Morgan fingerprint density at radius 1 is 0.865 bits per heavy atom. The molecule has 0 fully saturated rings. The number of allylic oxidation sites excluding steroid dienone is 2. The topological polar surface area (TPSA) is 63.1 Å². The molecule has 1 radical (unpaired) electrons. The zero-order valence-electron chi connectivity index (χ0n) is 32.8. The summed E-state index contributed by atoms with van der Waals surface area (Å²) < 4.78 is 3.78. The molecule has 3 aromatic carbocycles. The number of aliphatic hydroxyl groups excluding tert-OH is 1. The fraction of sp³-hybridized carbons (Fsp3) is 0.444. The van der Waals surface area contributed by atoms with Gasteiger partial charge in [0, 0.05) is 62.2 Å². The number of carbonyl (C=O) groups is 1. The predicted octanol–water partition coefficient (Wildman–Crippen LogP) is 13.8. The predicted molar refractivity (Wildman–Crippen MR) is 222 cm³/mol. The third-order valence-electron chi connectivity index (χ3n) is 11.1. The molecule has 3 heterocycles. The largest absolute Gasteiger partial charge is 0.512 e. The molecule has 0 saturated carbocycles. The van der Waals surface area contributed by atoms with Gasteiger partial charge in [-0.05, 0) is 71.9 Å². The number of aliphatic hydroxyl groups is 1. The van der Waals surface area contributed by atoms with Gasteiger partial charge in [-0.15, -0.1) is 51.8 Å². The van der Waals surface area contributed by atoms with Gasteiger partial charge in [0.15, 0.2) is 5.78 Å². The van der Waals surface area contributed by atoms with Gasteiger partial charge in [0.05, 0.1) is 5.52 Å². The number of thiophene rings is 2. The third-order valence-corrected chi connectivity index (χ3v) is 13.2. The van der Waals surface area contributed by atoms with E-state index < -0.39 is 0 Å². The Hall–Kier alpha value is -2.96. The van der Waals surface area contributed by atoms with Gasteiger partial charge in [-0.2, -0.15) is 0 Å². The van der Waals surface area contributed by atoms with Crippen molar-refractivity contribution in [1.29, 1.82) is 0 Å². The number of hydrogen-bond donors (Lipinski definition) is 1. The van der Waals surface area contributed by atoms with Crippen LogP contribution < -0.4 is 0 Å². The normalized spacial score (nSPS) is 12.8. The average molecular weight is 912 g/mol. The molecule has 0 spiro atoms. The maximum absolute atomic E-state index is 12.2. The van der Waals surface area contributed by atoms with E-state index in [4.69, 9.17) is 9.97 Å². The summed E-state index contributed by atoms with van der Waals surface area (Å²) in [6.45, 7) is 23.5. The molecular weight excluding hydrogens is 857 g/mol. The summed E-state index contributed by atoms with van der Waals surface area (Å²) in [4.78, 5) is 21.7. The van der Waals surface area contributed by atoms with Crippen LogP contribution in [-0.4, -0.2) is 20.9 Å². The van der Waals surface area contributed by atoms with E-state index in [0.29, 0.717) is 5.92 Å². The number of rotatable bonds is 10. The Balaban J connectivity index is 0.000000289. The molecule has 0 aliphatic heterocycles. The molecule has 3 aromatic heterocycles. The first-order valence-corrected chi connectivity index (χ1v) is 20.3. The van der Waals surface area contributed by atoms with Crippen molar-refractivity contribution in [3.8, 4) is 11.3 Å². The first-order chi connectivity index (χ1) is 24.1. The van der Waals surface area contributed by atoms with Crippen LogP contribution in [0.1, 0.15) is 113 Å². The van der Waals surface area contributed by atoms with Gasteiger partial charge >= 0.3 is 0 Å². The van der Waals surface area contributed by atoms with Gasteiger partial charge in [0.1, 0.15) is 12.1 Å². The molecule has 0 amide bonds. The summed E-state index contributed by atoms with van der Waals surface area (Å²) in [5.41, 5.74) is 5.26. The first-order valence-electron chi connectivity index (χ1n) is 18.6. The van der Waals surface area contributed by atoms with Crippen molar-refractivity contribution in [2.24, 2.45) is 16.7 Å². The fourth-order valence-corrected chi connectivity index (χ4v) is 8.85. The summed E-state index contributed by atoms with van der Waals surface area (Å²) >= 11 is 3.65. The summed E-state index contributed by atoms with van der Waals surface area (Å²) in [7, 11) is 0. The van der Waals surface area contributed by atoms with Crippen LogP contribution in [0.25, 0.3) is 52.4 Å². The number of carbonyl (C=O) groups excluding carboxylic acids is 1. The molecule has 6 aromatic rings. The Labute approximate surface area is 332 Å². The molecule has 0 saturated heterocycles. The second-order valence-corrected chi connectivity index (χ2v) is 18.0. The van der Waals surface area contributed by atoms with E-state index in [2.05, 4.69) is 88.5 Å². The molecule has 279 valence electrons. The Kier molecular flexibility index (Phi) is 13.3. The molecule has 4 nitrogen and oxygen atoms in total. The molecule has 1 N–H and O–H groups in total. The molecule has 7 heteroatoms. The molecule has 6 rings (SSSR count). The van der Waals surface area contributed by atoms with Crippen molar-refractivity contribution in [2.45, 2.75) is 114 Å². The van der Waals surface area contributed by atoms with E-state index in [9.17, 15) is 9.90 Å². The number of benzene rings is 3. The fourth-order valence-electron chi connectivity index (χ4n) is 6.60.